The minimum atomic E-state index is 0.504. The SMILES string of the molecule is COc1cc2c(c(OC)c1)CC[C@H](NCc1ccccc1)C2. The average molecular weight is 297 g/mol. The summed E-state index contributed by atoms with van der Waals surface area (Å²) >= 11 is 0. The fraction of sp³-hybridized carbons (Fsp3) is 0.368. The first-order valence-electron chi connectivity index (χ1n) is 7.81. The van der Waals surface area contributed by atoms with Crippen LogP contribution in [0.2, 0.25) is 0 Å². The molecule has 1 atom stereocenters. The minimum absolute atomic E-state index is 0.504. The van der Waals surface area contributed by atoms with Gasteiger partial charge in [-0.05, 0) is 42.0 Å². The van der Waals surface area contributed by atoms with Crippen molar-refractivity contribution in [3.05, 3.63) is 59.2 Å². The smallest absolute Gasteiger partial charge is 0.126 e. The van der Waals surface area contributed by atoms with E-state index in [4.69, 9.17) is 9.47 Å². The molecule has 1 N–H and O–H groups in total. The van der Waals surface area contributed by atoms with Crippen LogP contribution in [-0.4, -0.2) is 20.3 Å². The number of nitrogens with one attached hydrogen (secondary N) is 1. The van der Waals surface area contributed by atoms with Crippen LogP contribution in [0.1, 0.15) is 23.1 Å². The van der Waals surface area contributed by atoms with Gasteiger partial charge in [0.05, 0.1) is 14.2 Å². The number of hydrogen-bond acceptors (Lipinski definition) is 3. The van der Waals surface area contributed by atoms with Crippen molar-refractivity contribution in [2.24, 2.45) is 0 Å². The van der Waals surface area contributed by atoms with Gasteiger partial charge in [0.25, 0.3) is 0 Å². The van der Waals surface area contributed by atoms with Crippen molar-refractivity contribution in [2.45, 2.75) is 31.8 Å². The van der Waals surface area contributed by atoms with Gasteiger partial charge in [0, 0.05) is 18.7 Å². The first-order chi connectivity index (χ1) is 10.8. The molecule has 22 heavy (non-hydrogen) atoms. The maximum absolute atomic E-state index is 5.52. The summed E-state index contributed by atoms with van der Waals surface area (Å²) in [7, 11) is 3.43. The molecule has 3 heteroatoms. The zero-order valence-electron chi connectivity index (χ0n) is 13.3. The summed E-state index contributed by atoms with van der Waals surface area (Å²) in [6, 6.07) is 15.2. The molecule has 0 radical (unpaired) electrons. The van der Waals surface area contributed by atoms with Gasteiger partial charge in [-0.25, -0.2) is 0 Å². The Morgan fingerprint density at radius 3 is 2.64 bits per heavy atom. The quantitative estimate of drug-likeness (QED) is 0.918. The minimum Gasteiger partial charge on any atom is -0.497 e. The molecule has 2 aromatic carbocycles. The van der Waals surface area contributed by atoms with Crippen molar-refractivity contribution < 1.29 is 9.47 Å². The van der Waals surface area contributed by atoms with Gasteiger partial charge >= 0.3 is 0 Å². The highest BCUT2D eigenvalue weighted by Crippen LogP contribution is 2.34. The molecule has 0 spiro atoms. The second kappa shape index (κ2) is 6.84. The fourth-order valence-corrected chi connectivity index (χ4v) is 3.16. The Hall–Kier alpha value is -2.00. The highest BCUT2D eigenvalue weighted by Gasteiger charge is 2.22. The predicted molar refractivity (Wildman–Crippen MR) is 88.6 cm³/mol. The summed E-state index contributed by atoms with van der Waals surface area (Å²) in [4.78, 5) is 0. The Kier molecular flexibility index (Phi) is 4.64. The molecule has 0 amide bonds. The standard InChI is InChI=1S/C19H23NO2/c1-21-17-11-15-10-16(8-9-18(15)19(12-17)22-2)20-13-14-6-4-3-5-7-14/h3-7,11-12,16,20H,8-10,13H2,1-2H3/t16-/m0/s1. The van der Waals surface area contributed by atoms with Crippen molar-refractivity contribution in [2.75, 3.05) is 14.2 Å². The van der Waals surface area contributed by atoms with Gasteiger partial charge in [-0.15, -0.1) is 0 Å². The second-order valence-electron chi connectivity index (χ2n) is 5.77. The average Bonchev–Trinajstić information content (AvgIpc) is 2.59. The summed E-state index contributed by atoms with van der Waals surface area (Å²) in [6.45, 7) is 0.919. The molecule has 0 bridgehead atoms. The van der Waals surface area contributed by atoms with Crippen LogP contribution in [0.4, 0.5) is 0 Å². The lowest BCUT2D eigenvalue weighted by Gasteiger charge is -2.27. The largest absolute Gasteiger partial charge is 0.497 e. The van der Waals surface area contributed by atoms with E-state index in [1.807, 2.05) is 6.07 Å². The Morgan fingerprint density at radius 1 is 1.09 bits per heavy atom. The van der Waals surface area contributed by atoms with Crippen LogP contribution in [0, 0.1) is 0 Å². The zero-order chi connectivity index (χ0) is 15.4. The number of benzene rings is 2. The molecular weight excluding hydrogens is 274 g/mol. The molecule has 0 saturated carbocycles. The van der Waals surface area contributed by atoms with Crippen molar-refractivity contribution >= 4 is 0 Å². The highest BCUT2D eigenvalue weighted by atomic mass is 16.5. The van der Waals surface area contributed by atoms with E-state index in [1.165, 1.54) is 16.7 Å². The third-order valence-corrected chi connectivity index (χ3v) is 4.38. The highest BCUT2D eigenvalue weighted by molar-refractivity contribution is 5.48. The molecule has 116 valence electrons. The van der Waals surface area contributed by atoms with Gasteiger partial charge in [0.1, 0.15) is 11.5 Å². The van der Waals surface area contributed by atoms with Crippen molar-refractivity contribution in [3.63, 3.8) is 0 Å². The third kappa shape index (κ3) is 3.25. The zero-order valence-corrected chi connectivity index (χ0v) is 13.3. The van der Waals surface area contributed by atoms with Crippen LogP contribution in [0.25, 0.3) is 0 Å². The lowest BCUT2D eigenvalue weighted by atomic mass is 9.87. The summed E-state index contributed by atoms with van der Waals surface area (Å²) in [6.07, 6.45) is 3.22. The van der Waals surface area contributed by atoms with Crippen molar-refractivity contribution in [1.82, 2.24) is 5.32 Å². The molecule has 0 saturated heterocycles. The molecular formula is C19H23NO2. The molecule has 0 unspecified atom stereocenters. The van der Waals surface area contributed by atoms with E-state index in [-0.39, 0.29) is 0 Å². The summed E-state index contributed by atoms with van der Waals surface area (Å²) < 4.78 is 10.9. The fourth-order valence-electron chi connectivity index (χ4n) is 3.16. The van der Waals surface area contributed by atoms with Crippen LogP contribution in [-0.2, 0) is 19.4 Å². The van der Waals surface area contributed by atoms with Crippen molar-refractivity contribution in [1.29, 1.82) is 0 Å². The van der Waals surface area contributed by atoms with Crippen LogP contribution >= 0.6 is 0 Å². The number of hydrogen-bond donors (Lipinski definition) is 1. The number of methoxy groups -OCH3 is 2. The van der Waals surface area contributed by atoms with E-state index in [1.54, 1.807) is 14.2 Å². The Bertz CT molecular complexity index is 625. The van der Waals surface area contributed by atoms with Gasteiger partial charge in [0.2, 0.25) is 0 Å². The van der Waals surface area contributed by atoms with Crippen molar-refractivity contribution in [3.8, 4) is 11.5 Å². The molecule has 0 aliphatic heterocycles. The second-order valence-corrected chi connectivity index (χ2v) is 5.77. The first-order valence-corrected chi connectivity index (χ1v) is 7.81. The van der Waals surface area contributed by atoms with E-state index in [9.17, 15) is 0 Å². The molecule has 0 fully saturated rings. The number of rotatable bonds is 5. The third-order valence-electron chi connectivity index (χ3n) is 4.38. The van der Waals surface area contributed by atoms with Gasteiger partial charge in [-0.3, -0.25) is 0 Å². The van der Waals surface area contributed by atoms with Crippen LogP contribution in [0.5, 0.6) is 11.5 Å². The normalized spacial score (nSPS) is 16.9. The van der Waals surface area contributed by atoms with E-state index in [0.29, 0.717) is 6.04 Å². The first kappa shape index (κ1) is 14.9. The Balaban J connectivity index is 1.70. The maximum Gasteiger partial charge on any atom is 0.126 e. The monoisotopic (exact) mass is 297 g/mol. The molecule has 1 aliphatic carbocycles. The van der Waals surface area contributed by atoms with Gasteiger partial charge < -0.3 is 14.8 Å². The number of fused-ring (bicyclic) bond motifs is 1. The maximum atomic E-state index is 5.52. The molecule has 2 aromatic rings. The van der Waals surface area contributed by atoms with Gasteiger partial charge in [-0.2, -0.15) is 0 Å². The van der Waals surface area contributed by atoms with Gasteiger partial charge in [0.15, 0.2) is 0 Å². The van der Waals surface area contributed by atoms with E-state index >= 15 is 0 Å². The number of ether oxygens (including phenoxy) is 2. The molecule has 1 aliphatic rings. The van der Waals surface area contributed by atoms with Gasteiger partial charge in [-0.1, -0.05) is 30.3 Å². The summed E-state index contributed by atoms with van der Waals surface area (Å²) in [5.41, 5.74) is 4.01. The van der Waals surface area contributed by atoms with Crippen LogP contribution in [0.15, 0.2) is 42.5 Å². The molecule has 3 rings (SSSR count). The van der Waals surface area contributed by atoms with E-state index in [2.05, 4.69) is 41.7 Å². The molecule has 0 aromatic heterocycles. The summed E-state index contributed by atoms with van der Waals surface area (Å²) in [5.74, 6) is 1.83. The molecule has 3 nitrogen and oxygen atoms in total. The van der Waals surface area contributed by atoms with E-state index < -0.39 is 0 Å². The lowest BCUT2D eigenvalue weighted by Crippen LogP contribution is -2.34. The van der Waals surface area contributed by atoms with E-state index in [0.717, 1.165) is 37.3 Å². The van der Waals surface area contributed by atoms with Crippen LogP contribution in [0.3, 0.4) is 0 Å². The topological polar surface area (TPSA) is 30.5 Å². The lowest BCUT2D eigenvalue weighted by molar-refractivity contribution is 0.380. The predicted octanol–water partition coefficient (Wildman–Crippen LogP) is 3.35. The Labute approximate surface area is 132 Å². The molecule has 0 heterocycles. The van der Waals surface area contributed by atoms with Crippen LogP contribution < -0.4 is 14.8 Å². The summed E-state index contributed by atoms with van der Waals surface area (Å²) in [5, 5.41) is 3.67. The Morgan fingerprint density at radius 2 is 1.91 bits per heavy atom.